The summed E-state index contributed by atoms with van der Waals surface area (Å²) in [6.07, 6.45) is 5.70. The monoisotopic (exact) mass is 1940 g/mol. The van der Waals surface area contributed by atoms with Crippen LogP contribution in [0.15, 0.2) is 19.6 Å². The zero-order valence-electron chi connectivity index (χ0n) is 80.9. The van der Waals surface area contributed by atoms with Crippen molar-refractivity contribution in [2.75, 3.05) is 161 Å². The summed E-state index contributed by atoms with van der Waals surface area (Å²) in [5.41, 5.74) is 2.72. The second-order valence-corrected chi connectivity index (χ2v) is 42.3. The Labute approximate surface area is 806 Å². The first-order valence-electron chi connectivity index (χ1n) is 46.8. The van der Waals surface area contributed by atoms with Gasteiger partial charge in [-0.3, -0.25) is 0 Å². The molecule has 30 heteroatoms. The molecule has 0 fully saturated rings. The zero-order valence-corrected chi connectivity index (χ0v) is 88.6. The van der Waals surface area contributed by atoms with Crippen molar-refractivity contribution in [1.29, 1.82) is 0 Å². The van der Waals surface area contributed by atoms with Gasteiger partial charge in [-0.05, 0) is 152 Å². The molecule has 0 saturated carbocycles. The molecule has 4 aromatic carbocycles. The van der Waals surface area contributed by atoms with Crippen LogP contribution in [0.1, 0.15) is 218 Å². The molecule has 0 spiro atoms. The van der Waals surface area contributed by atoms with Gasteiger partial charge in [0.05, 0.1) is 145 Å². The van der Waals surface area contributed by atoms with E-state index in [1.54, 1.807) is 47.0 Å². The predicted octanol–water partition coefficient (Wildman–Crippen LogP) is 25.9. The summed E-state index contributed by atoms with van der Waals surface area (Å²) in [5.74, 6) is 9.06. The van der Waals surface area contributed by atoms with Crippen LogP contribution in [-0.4, -0.2) is 211 Å². The van der Waals surface area contributed by atoms with Crippen LogP contribution < -0.4 is 47.9 Å². The topological polar surface area (TPSA) is 206 Å². The number of quaternary nitrogens is 1. The summed E-state index contributed by atoms with van der Waals surface area (Å²) in [6.45, 7) is 65.6. The van der Waals surface area contributed by atoms with Gasteiger partial charge in [0, 0.05) is 86.8 Å². The second kappa shape index (κ2) is 52.9. The number of ether oxygens (including phenoxy) is 8. The van der Waals surface area contributed by atoms with E-state index in [4.69, 9.17) is 128 Å². The SMILES string of the molecule is CCN(CC)CCSc1c(Cl)c(OCCC(C)C)c2c(c1OCCC(C)C)-c1nc-2nc2[n-]c(nc3nc(nc4[n-]c(n1)c1c(OCCC(C)C)c(Cl)c(SCCN(CC)CC)c(OCCC(C)C)c41)-c1c(OCCC(C)C)c(Cl)c(SCC[N+](C)(CC)CC)c(OCCC(C)C)c1-3)c1c(OCCC(C)C)c(Cl)c(SCCN(CC)CC)c(OCCC(C)C)c21.[O]=[V+2]. The van der Waals surface area contributed by atoms with Gasteiger partial charge in [0.2, 0.25) is 0 Å². The van der Waals surface area contributed by atoms with E-state index >= 15 is 0 Å². The fraction of sp³-hybridized carbons (Fsp3) is 0.670. The van der Waals surface area contributed by atoms with Crippen molar-refractivity contribution in [1.82, 2.24) is 54.6 Å². The molecule has 705 valence electrons. The fourth-order valence-electron chi connectivity index (χ4n) is 14.4. The molecule has 7 aromatic rings. The zero-order chi connectivity index (χ0) is 93.1. The predicted molar refractivity (Wildman–Crippen MR) is 533 cm³/mol. The van der Waals surface area contributed by atoms with Crippen LogP contribution in [-0.2, 0) is 21.0 Å². The quantitative estimate of drug-likeness (QED) is 0.0257. The first kappa shape index (κ1) is 108. The summed E-state index contributed by atoms with van der Waals surface area (Å²) in [7, 11) is 2.30. The van der Waals surface area contributed by atoms with Gasteiger partial charge in [0.25, 0.3) is 0 Å². The molecule has 0 unspecified atom stereocenters. The Kier molecular flexibility index (Phi) is 44.9. The van der Waals surface area contributed by atoms with E-state index < -0.39 is 0 Å². The van der Waals surface area contributed by atoms with Gasteiger partial charge >= 0.3 is 21.0 Å². The number of fused-ring (bicyclic) bond motifs is 20. The van der Waals surface area contributed by atoms with Crippen molar-refractivity contribution in [2.45, 2.75) is 237 Å². The van der Waals surface area contributed by atoms with Crippen LogP contribution in [0.4, 0.5) is 0 Å². The van der Waals surface area contributed by atoms with Gasteiger partial charge < -0.3 is 87.0 Å². The van der Waals surface area contributed by atoms with E-state index in [0.29, 0.717) is 231 Å². The van der Waals surface area contributed by atoms with Gasteiger partial charge in [-0.1, -0.05) is 199 Å². The summed E-state index contributed by atoms with van der Waals surface area (Å²) >= 11 is 40.6. The van der Waals surface area contributed by atoms with Crippen LogP contribution in [0.2, 0.25) is 20.1 Å². The van der Waals surface area contributed by atoms with Crippen molar-refractivity contribution in [3.8, 4) is 91.5 Å². The summed E-state index contributed by atoms with van der Waals surface area (Å²) < 4.78 is 68.0. The second-order valence-electron chi connectivity index (χ2n) is 36.4. The van der Waals surface area contributed by atoms with Crippen molar-refractivity contribution < 1.29 is 63.4 Å². The number of halogens is 4. The maximum absolute atomic E-state index is 8.29. The number of hydrogen-bond acceptors (Lipinski definition) is 22. The Hall–Kier alpha value is -4.58. The van der Waals surface area contributed by atoms with Crippen LogP contribution in [0.3, 0.4) is 0 Å². The third kappa shape index (κ3) is 28.5. The average molecular weight is 1950 g/mol. The number of aromatic nitrogens is 8. The van der Waals surface area contributed by atoms with E-state index in [-0.39, 0.29) is 93.2 Å². The van der Waals surface area contributed by atoms with Crippen LogP contribution in [0, 0.1) is 47.3 Å². The Morgan fingerprint density at radius 2 is 0.512 bits per heavy atom. The Bertz CT molecular complexity index is 4750. The van der Waals surface area contributed by atoms with Gasteiger partial charge in [-0.15, -0.1) is 47.0 Å². The van der Waals surface area contributed by atoms with E-state index in [1.807, 2.05) is 0 Å². The average Bonchev–Trinajstić information content (AvgIpc) is 1.56. The molecule has 2 aliphatic rings. The molecule has 5 heterocycles. The molecule has 0 atom stereocenters. The number of hydrogen-bond donors (Lipinski definition) is 0. The van der Waals surface area contributed by atoms with Crippen LogP contribution in [0.5, 0.6) is 46.0 Å². The number of nitrogens with zero attached hydrogens (tertiary/aromatic N) is 12. The van der Waals surface area contributed by atoms with Crippen LogP contribution >= 0.6 is 93.5 Å². The molecular formula is C97H147Cl4N12O9S4V+. The summed E-state index contributed by atoms with van der Waals surface area (Å²) in [4.78, 5) is 57.0. The Balaban J connectivity index is 0.00000990. The van der Waals surface area contributed by atoms with Crippen molar-refractivity contribution in [2.24, 2.45) is 47.3 Å². The third-order valence-corrected chi connectivity index (χ3v) is 29.5. The minimum atomic E-state index is 0.185. The van der Waals surface area contributed by atoms with Gasteiger partial charge in [0.15, 0.2) is 0 Å². The van der Waals surface area contributed by atoms with Gasteiger partial charge in [-0.25, -0.2) is 9.97 Å². The Morgan fingerprint density at radius 3 is 0.756 bits per heavy atom. The first-order chi connectivity index (χ1) is 60.8. The molecule has 0 radical (unpaired) electrons. The molecule has 2 aliphatic heterocycles. The number of benzene rings is 4. The van der Waals surface area contributed by atoms with E-state index in [0.717, 1.165) is 126 Å². The molecule has 0 amide bonds. The van der Waals surface area contributed by atoms with Crippen molar-refractivity contribution in [3.05, 3.63) is 20.1 Å². The van der Waals surface area contributed by atoms with Gasteiger partial charge in [-0.2, -0.15) is 0 Å². The van der Waals surface area contributed by atoms with Crippen molar-refractivity contribution in [3.63, 3.8) is 0 Å². The fourth-order valence-corrected chi connectivity index (χ4v) is 20.4. The first-order valence-corrected chi connectivity index (χ1v) is 52.9. The van der Waals surface area contributed by atoms with E-state index in [1.165, 1.54) is 0 Å². The molecule has 3 aromatic heterocycles. The third-order valence-electron chi connectivity index (χ3n) is 23.3. The molecule has 8 bridgehead atoms. The number of rotatable bonds is 56. The molecule has 21 nitrogen and oxygen atoms in total. The maximum atomic E-state index is 8.29. The van der Waals surface area contributed by atoms with E-state index in [2.05, 4.69) is 188 Å². The van der Waals surface area contributed by atoms with E-state index in [9.17, 15) is 0 Å². The Morgan fingerprint density at radius 1 is 0.307 bits per heavy atom. The number of thioether (sulfide) groups is 4. The van der Waals surface area contributed by atoms with Crippen LogP contribution in [0.25, 0.3) is 89.7 Å². The molecule has 0 aliphatic carbocycles. The minimum absolute atomic E-state index is 0.185. The normalized spacial score (nSPS) is 12.4. The molecule has 0 N–H and O–H groups in total. The summed E-state index contributed by atoms with van der Waals surface area (Å²) in [5, 5.41) is 3.40. The van der Waals surface area contributed by atoms with Crippen molar-refractivity contribution >= 4 is 138 Å². The van der Waals surface area contributed by atoms with Gasteiger partial charge in [0.1, 0.15) is 66.1 Å². The standard InChI is InChI=1S/C97H147Cl4N12O8S4.O.V/c1-26-110(27-2)42-54-122-86-74(98)78(114-46-34-58(9)10)66-70(82(86)118-50-38-62(17)18)94-102-90(66)104-95-72-68(80(116-48-36-60(13)14)76(100)88(84(72)120-52-40-64(21)22)124-56-44-112(30-5)31-6)92(106-95)108-97-73-69(81(117-49-37-61(15)16)77(101)89(85(73)121-53-41-65(23)24)125-57-45-113(25,32-7)33-8)93(109-97)107-96-71-67(91(103-94)105-96)79(115-47-35-59(11)12)75(99)87(83(71)119-51-39-63(19)20)123-55-43-111(28-3)29-4;;/h58-65H,26-57H2,1-25H3;;/q-1;;+2. The molecular weight excluding hydrogens is 1800 g/mol. The molecule has 127 heavy (non-hydrogen) atoms. The summed E-state index contributed by atoms with van der Waals surface area (Å²) in [6, 6.07) is 0. The molecule has 9 rings (SSSR count). The molecule has 0 saturated heterocycles.